The number of nitrogens with zero attached hydrogens (tertiary/aromatic N) is 3. The van der Waals surface area contributed by atoms with Gasteiger partial charge in [-0.25, -0.2) is 0 Å². The number of rotatable bonds is 5. The van der Waals surface area contributed by atoms with E-state index in [1.54, 1.807) is 0 Å². The fourth-order valence-electron chi connectivity index (χ4n) is 1.56. The first-order valence-corrected chi connectivity index (χ1v) is 7.31. The standard InChI is InChI=1S/C11H14BrN3O2S/c1-4-16-9(6(2)3)10-13-11(17-14-10)8-7(12)5-18-15-8/h5-6,9H,4H2,1-3H3. The molecule has 0 bridgehead atoms. The van der Waals surface area contributed by atoms with E-state index in [0.29, 0.717) is 24.0 Å². The summed E-state index contributed by atoms with van der Waals surface area (Å²) >= 11 is 4.74. The lowest BCUT2D eigenvalue weighted by molar-refractivity contribution is 0.0217. The predicted molar refractivity (Wildman–Crippen MR) is 72.3 cm³/mol. The van der Waals surface area contributed by atoms with Gasteiger partial charge in [0.05, 0.1) is 4.47 Å². The lowest BCUT2D eigenvalue weighted by Gasteiger charge is -2.16. The summed E-state index contributed by atoms with van der Waals surface area (Å²) in [6.45, 7) is 6.70. The van der Waals surface area contributed by atoms with E-state index in [4.69, 9.17) is 9.26 Å². The lowest BCUT2D eigenvalue weighted by atomic mass is 10.1. The summed E-state index contributed by atoms with van der Waals surface area (Å²) in [6.07, 6.45) is -0.148. The Bertz CT molecular complexity index is 512. The molecule has 0 radical (unpaired) electrons. The second kappa shape index (κ2) is 5.90. The van der Waals surface area contributed by atoms with Gasteiger partial charge < -0.3 is 9.26 Å². The van der Waals surface area contributed by atoms with E-state index >= 15 is 0 Å². The molecule has 0 aliphatic carbocycles. The van der Waals surface area contributed by atoms with E-state index in [0.717, 1.165) is 4.47 Å². The molecule has 0 saturated carbocycles. The van der Waals surface area contributed by atoms with Crippen LogP contribution in [0.15, 0.2) is 14.4 Å². The second-order valence-corrected chi connectivity index (χ2v) is 5.57. The van der Waals surface area contributed by atoms with Crippen molar-refractivity contribution in [1.82, 2.24) is 14.5 Å². The van der Waals surface area contributed by atoms with Crippen molar-refractivity contribution in [2.75, 3.05) is 6.61 Å². The molecule has 5 nitrogen and oxygen atoms in total. The minimum Gasteiger partial charge on any atom is -0.370 e. The molecule has 0 aliphatic heterocycles. The first kappa shape index (κ1) is 13.6. The van der Waals surface area contributed by atoms with Gasteiger partial charge in [0.15, 0.2) is 5.69 Å². The normalized spacial score (nSPS) is 13.2. The molecule has 18 heavy (non-hydrogen) atoms. The van der Waals surface area contributed by atoms with Gasteiger partial charge in [-0.3, -0.25) is 0 Å². The summed E-state index contributed by atoms with van der Waals surface area (Å²) in [7, 11) is 0. The van der Waals surface area contributed by atoms with Gasteiger partial charge in [0.25, 0.3) is 5.89 Å². The Morgan fingerprint density at radius 2 is 2.28 bits per heavy atom. The van der Waals surface area contributed by atoms with Gasteiger partial charge in [-0.1, -0.05) is 19.0 Å². The van der Waals surface area contributed by atoms with Crippen molar-refractivity contribution >= 4 is 27.5 Å². The third-order valence-corrected chi connectivity index (χ3v) is 3.91. The zero-order valence-electron chi connectivity index (χ0n) is 10.4. The highest BCUT2D eigenvalue weighted by Crippen LogP contribution is 2.30. The molecule has 1 unspecified atom stereocenters. The highest BCUT2D eigenvalue weighted by Gasteiger charge is 2.23. The summed E-state index contributed by atoms with van der Waals surface area (Å²) in [5.41, 5.74) is 0.678. The van der Waals surface area contributed by atoms with Gasteiger partial charge >= 0.3 is 0 Å². The molecule has 0 aromatic carbocycles. The number of halogens is 1. The van der Waals surface area contributed by atoms with Crippen LogP contribution < -0.4 is 0 Å². The van der Waals surface area contributed by atoms with Crippen LogP contribution in [0.4, 0.5) is 0 Å². The maximum Gasteiger partial charge on any atom is 0.278 e. The third kappa shape index (κ3) is 2.78. The van der Waals surface area contributed by atoms with Crippen LogP contribution in [-0.4, -0.2) is 21.1 Å². The molecule has 2 rings (SSSR count). The summed E-state index contributed by atoms with van der Waals surface area (Å²) < 4.78 is 15.9. The van der Waals surface area contributed by atoms with Gasteiger partial charge in [0.2, 0.25) is 5.82 Å². The van der Waals surface area contributed by atoms with Gasteiger partial charge in [0.1, 0.15) is 6.10 Å². The molecular weight excluding hydrogens is 318 g/mol. The van der Waals surface area contributed by atoms with Gasteiger partial charge in [0, 0.05) is 12.0 Å². The molecule has 7 heteroatoms. The van der Waals surface area contributed by atoms with E-state index in [-0.39, 0.29) is 12.0 Å². The maximum absolute atomic E-state index is 5.64. The molecule has 0 saturated heterocycles. The van der Waals surface area contributed by atoms with Crippen molar-refractivity contribution in [2.24, 2.45) is 5.92 Å². The van der Waals surface area contributed by atoms with Crippen LogP contribution in [0.2, 0.25) is 0 Å². The van der Waals surface area contributed by atoms with Crippen molar-refractivity contribution in [3.05, 3.63) is 15.7 Å². The van der Waals surface area contributed by atoms with Crippen molar-refractivity contribution < 1.29 is 9.26 Å². The van der Waals surface area contributed by atoms with E-state index < -0.39 is 0 Å². The van der Waals surface area contributed by atoms with Crippen LogP contribution in [0, 0.1) is 5.92 Å². The Morgan fingerprint density at radius 1 is 1.50 bits per heavy atom. The molecule has 2 heterocycles. The largest absolute Gasteiger partial charge is 0.370 e. The summed E-state index contributed by atoms with van der Waals surface area (Å²) in [5.74, 6) is 1.28. The lowest BCUT2D eigenvalue weighted by Crippen LogP contribution is -2.12. The molecule has 1 atom stereocenters. The number of ether oxygens (including phenoxy) is 1. The third-order valence-electron chi connectivity index (χ3n) is 2.38. The number of hydrogen-bond acceptors (Lipinski definition) is 6. The Labute approximate surface area is 118 Å². The van der Waals surface area contributed by atoms with Crippen LogP contribution in [0.5, 0.6) is 0 Å². The Hall–Kier alpha value is -0.790. The first-order chi connectivity index (χ1) is 8.63. The molecule has 0 N–H and O–H groups in total. The average Bonchev–Trinajstić information content (AvgIpc) is 2.93. The first-order valence-electron chi connectivity index (χ1n) is 5.69. The molecule has 0 fully saturated rings. The average molecular weight is 332 g/mol. The quantitative estimate of drug-likeness (QED) is 0.836. The molecule has 2 aromatic heterocycles. The summed E-state index contributed by atoms with van der Waals surface area (Å²) in [6, 6.07) is 0. The Morgan fingerprint density at radius 3 is 2.83 bits per heavy atom. The van der Waals surface area contributed by atoms with Gasteiger partial charge in [-0.15, -0.1) is 0 Å². The minimum absolute atomic E-state index is 0.148. The van der Waals surface area contributed by atoms with Crippen LogP contribution in [0.3, 0.4) is 0 Å². The zero-order chi connectivity index (χ0) is 13.1. The highest BCUT2D eigenvalue weighted by molar-refractivity contribution is 9.10. The monoisotopic (exact) mass is 331 g/mol. The van der Waals surface area contributed by atoms with Crippen LogP contribution in [0.1, 0.15) is 32.7 Å². The molecule has 2 aromatic rings. The molecular formula is C11H14BrN3O2S. The number of hydrogen-bond donors (Lipinski definition) is 0. The summed E-state index contributed by atoms with van der Waals surface area (Å²) in [5, 5.41) is 5.86. The molecule has 0 aliphatic rings. The van der Waals surface area contributed by atoms with Crippen LogP contribution >= 0.6 is 27.5 Å². The SMILES string of the molecule is CCOC(c1noc(-c2nscc2Br)n1)C(C)C. The maximum atomic E-state index is 5.64. The fraction of sp³-hybridized carbons (Fsp3) is 0.545. The topological polar surface area (TPSA) is 61.0 Å². The van der Waals surface area contributed by atoms with E-state index in [9.17, 15) is 0 Å². The molecule has 98 valence electrons. The van der Waals surface area contributed by atoms with Crippen molar-refractivity contribution in [1.29, 1.82) is 0 Å². The van der Waals surface area contributed by atoms with Gasteiger partial charge in [-0.05, 0) is 40.3 Å². The Kier molecular flexibility index (Phi) is 4.47. The molecule has 0 amide bonds. The number of aromatic nitrogens is 3. The van der Waals surface area contributed by atoms with Crippen LogP contribution in [0.25, 0.3) is 11.6 Å². The van der Waals surface area contributed by atoms with E-state index in [1.165, 1.54) is 11.5 Å². The van der Waals surface area contributed by atoms with E-state index in [2.05, 4.69) is 44.3 Å². The second-order valence-electron chi connectivity index (χ2n) is 4.09. The fourth-order valence-corrected chi connectivity index (χ4v) is 2.72. The minimum atomic E-state index is -0.148. The predicted octanol–water partition coefficient (Wildman–Crippen LogP) is 3.69. The van der Waals surface area contributed by atoms with Crippen LogP contribution in [-0.2, 0) is 4.74 Å². The highest BCUT2D eigenvalue weighted by atomic mass is 79.9. The smallest absolute Gasteiger partial charge is 0.278 e. The zero-order valence-corrected chi connectivity index (χ0v) is 12.8. The summed E-state index contributed by atoms with van der Waals surface area (Å²) in [4.78, 5) is 4.37. The van der Waals surface area contributed by atoms with E-state index in [1.807, 2.05) is 12.3 Å². The van der Waals surface area contributed by atoms with Gasteiger partial charge in [-0.2, -0.15) is 9.36 Å². The van der Waals surface area contributed by atoms with Crippen molar-refractivity contribution in [2.45, 2.75) is 26.9 Å². The Balaban J connectivity index is 2.27. The van der Waals surface area contributed by atoms with Crippen molar-refractivity contribution in [3.63, 3.8) is 0 Å². The van der Waals surface area contributed by atoms with Crippen molar-refractivity contribution in [3.8, 4) is 11.6 Å². The molecule has 0 spiro atoms.